The van der Waals surface area contributed by atoms with Gasteiger partial charge in [-0.1, -0.05) is 33.1 Å². The highest BCUT2D eigenvalue weighted by molar-refractivity contribution is 7.89. The molecule has 1 aliphatic rings. The first-order chi connectivity index (χ1) is 13.2. The van der Waals surface area contributed by atoms with E-state index in [1.165, 1.54) is 10.7 Å². The molecule has 160 valence electrons. The van der Waals surface area contributed by atoms with Gasteiger partial charge in [0.25, 0.3) is 0 Å². The third kappa shape index (κ3) is 4.95. The minimum absolute atomic E-state index is 0.0135. The van der Waals surface area contributed by atoms with Crippen LogP contribution >= 0.6 is 0 Å². The zero-order chi connectivity index (χ0) is 20.9. The number of likely N-dealkylation sites (N-methyl/N-ethyl adjacent to an activating group) is 1. The first-order valence-corrected chi connectivity index (χ1v) is 12.0. The topological polar surface area (TPSA) is 75.5 Å². The average Bonchev–Trinajstić information content (AvgIpc) is 2.95. The van der Waals surface area contributed by atoms with Crippen LogP contribution in [-0.2, 0) is 21.4 Å². The Labute approximate surface area is 170 Å². The first kappa shape index (κ1) is 22.9. The number of amides is 1. The van der Waals surface area contributed by atoms with Gasteiger partial charge < -0.3 is 4.90 Å². The van der Waals surface area contributed by atoms with E-state index in [2.05, 4.69) is 5.10 Å². The molecule has 0 bridgehead atoms. The molecule has 0 atom stereocenters. The summed E-state index contributed by atoms with van der Waals surface area (Å²) in [5, 5.41) is 4.41. The van der Waals surface area contributed by atoms with Gasteiger partial charge in [0.15, 0.2) is 0 Å². The zero-order valence-electron chi connectivity index (χ0n) is 18.1. The molecule has 0 unspecified atom stereocenters. The lowest BCUT2D eigenvalue weighted by atomic mass is 9.94. The van der Waals surface area contributed by atoms with Gasteiger partial charge in [-0.05, 0) is 39.5 Å². The molecular weight excluding hydrogens is 376 g/mol. The summed E-state index contributed by atoms with van der Waals surface area (Å²) in [7, 11) is -1.76. The van der Waals surface area contributed by atoms with Crippen LogP contribution in [0.1, 0.15) is 70.2 Å². The number of aromatic nitrogens is 2. The highest BCUT2D eigenvalue weighted by Crippen LogP contribution is 2.25. The van der Waals surface area contributed by atoms with E-state index in [1.54, 1.807) is 18.5 Å². The fourth-order valence-electron chi connectivity index (χ4n) is 4.10. The van der Waals surface area contributed by atoms with Crippen LogP contribution in [0.3, 0.4) is 0 Å². The second-order valence-corrected chi connectivity index (χ2v) is 9.73. The molecule has 1 amide bonds. The Morgan fingerprint density at radius 2 is 1.68 bits per heavy atom. The minimum atomic E-state index is -3.62. The predicted octanol–water partition coefficient (Wildman–Crippen LogP) is 3.10. The lowest BCUT2D eigenvalue weighted by molar-refractivity contribution is -0.133. The van der Waals surface area contributed by atoms with Crippen molar-refractivity contribution in [1.29, 1.82) is 0 Å². The molecule has 1 aromatic heterocycles. The van der Waals surface area contributed by atoms with E-state index in [-0.39, 0.29) is 23.4 Å². The van der Waals surface area contributed by atoms with Crippen LogP contribution in [-0.4, -0.2) is 59.5 Å². The fraction of sp³-hybridized carbons (Fsp3) is 0.800. The van der Waals surface area contributed by atoms with Gasteiger partial charge in [-0.15, -0.1) is 0 Å². The van der Waals surface area contributed by atoms with Gasteiger partial charge in [0, 0.05) is 26.2 Å². The van der Waals surface area contributed by atoms with Gasteiger partial charge in [0.05, 0.1) is 11.4 Å². The van der Waals surface area contributed by atoms with Gasteiger partial charge >= 0.3 is 0 Å². The van der Waals surface area contributed by atoms with E-state index < -0.39 is 10.0 Å². The molecule has 1 aliphatic carbocycles. The maximum atomic E-state index is 13.2. The van der Waals surface area contributed by atoms with Crippen molar-refractivity contribution in [3.63, 3.8) is 0 Å². The number of nitrogens with zero attached hydrogens (tertiary/aromatic N) is 4. The van der Waals surface area contributed by atoms with Crippen LogP contribution in [0.2, 0.25) is 0 Å². The molecule has 1 aromatic rings. The molecule has 28 heavy (non-hydrogen) atoms. The summed E-state index contributed by atoms with van der Waals surface area (Å²) in [5.74, 6) is -0.0135. The Morgan fingerprint density at radius 3 is 2.21 bits per heavy atom. The second kappa shape index (κ2) is 9.87. The number of carbonyl (C=O) groups excluding carboxylic acids is 1. The van der Waals surface area contributed by atoms with Crippen LogP contribution in [0.25, 0.3) is 0 Å². The average molecular weight is 413 g/mol. The summed E-state index contributed by atoms with van der Waals surface area (Å²) in [5.41, 5.74) is 1.00. The summed E-state index contributed by atoms with van der Waals surface area (Å²) in [4.78, 5) is 14.9. The summed E-state index contributed by atoms with van der Waals surface area (Å²) >= 11 is 0. The highest BCUT2D eigenvalue weighted by atomic mass is 32.2. The van der Waals surface area contributed by atoms with Crippen LogP contribution in [0.15, 0.2) is 4.90 Å². The number of sulfonamides is 1. The Balaban J connectivity index is 2.23. The van der Waals surface area contributed by atoms with Crippen LogP contribution in [0, 0.1) is 13.8 Å². The van der Waals surface area contributed by atoms with E-state index >= 15 is 0 Å². The smallest absolute Gasteiger partial charge is 0.246 e. The van der Waals surface area contributed by atoms with E-state index in [9.17, 15) is 13.2 Å². The standard InChI is InChI=1S/C20H36N4O3S/c1-6-13-23(14-7-2)28(26,27)20-16(3)21-24(17(20)4)15-19(25)22(5)18-11-9-8-10-12-18/h18H,6-15H2,1-5H3. The first-order valence-electron chi connectivity index (χ1n) is 10.5. The molecule has 0 aromatic carbocycles. The number of hydrogen-bond donors (Lipinski definition) is 0. The van der Waals surface area contributed by atoms with Gasteiger partial charge in [-0.2, -0.15) is 9.40 Å². The van der Waals surface area contributed by atoms with Crippen molar-refractivity contribution in [1.82, 2.24) is 19.0 Å². The monoisotopic (exact) mass is 412 g/mol. The van der Waals surface area contributed by atoms with E-state index in [0.717, 1.165) is 38.5 Å². The van der Waals surface area contributed by atoms with E-state index in [1.807, 2.05) is 25.8 Å². The Bertz CT molecular complexity index is 761. The Hall–Kier alpha value is -1.41. The van der Waals surface area contributed by atoms with Crippen molar-refractivity contribution in [2.24, 2.45) is 0 Å². The largest absolute Gasteiger partial charge is 0.341 e. The van der Waals surface area contributed by atoms with Crippen molar-refractivity contribution >= 4 is 15.9 Å². The SMILES string of the molecule is CCCN(CCC)S(=O)(=O)c1c(C)nn(CC(=O)N(C)C2CCCCC2)c1C. The molecule has 1 fully saturated rings. The van der Waals surface area contributed by atoms with Crippen molar-refractivity contribution in [3.8, 4) is 0 Å². The number of aryl methyl sites for hydroxylation is 1. The molecule has 0 saturated heterocycles. The molecular formula is C20H36N4O3S. The molecule has 8 heteroatoms. The van der Waals surface area contributed by atoms with Crippen molar-refractivity contribution in [2.75, 3.05) is 20.1 Å². The quantitative estimate of drug-likeness (QED) is 0.624. The van der Waals surface area contributed by atoms with Crippen molar-refractivity contribution in [2.45, 2.75) is 90.1 Å². The number of hydrogen-bond acceptors (Lipinski definition) is 4. The lowest BCUT2D eigenvalue weighted by Gasteiger charge is -2.31. The molecule has 1 heterocycles. The highest BCUT2D eigenvalue weighted by Gasteiger charge is 2.31. The number of rotatable bonds is 9. The van der Waals surface area contributed by atoms with Crippen LogP contribution in [0.5, 0.6) is 0 Å². The molecule has 0 radical (unpaired) electrons. The maximum absolute atomic E-state index is 13.2. The molecule has 0 spiro atoms. The van der Waals surface area contributed by atoms with Crippen LogP contribution < -0.4 is 0 Å². The lowest BCUT2D eigenvalue weighted by Crippen LogP contribution is -2.40. The number of carbonyl (C=O) groups is 1. The fourth-order valence-corrected chi connectivity index (χ4v) is 6.10. The maximum Gasteiger partial charge on any atom is 0.246 e. The van der Waals surface area contributed by atoms with Crippen molar-refractivity contribution in [3.05, 3.63) is 11.4 Å². The normalized spacial score (nSPS) is 15.9. The minimum Gasteiger partial charge on any atom is -0.341 e. The van der Waals surface area contributed by atoms with Crippen LogP contribution in [0.4, 0.5) is 0 Å². The molecule has 0 aliphatic heterocycles. The van der Waals surface area contributed by atoms with E-state index in [0.29, 0.717) is 24.5 Å². The summed E-state index contributed by atoms with van der Waals surface area (Å²) < 4.78 is 29.5. The molecule has 1 saturated carbocycles. The van der Waals surface area contributed by atoms with Gasteiger partial charge in [0.2, 0.25) is 15.9 Å². The Kier molecular flexibility index (Phi) is 8.07. The zero-order valence-corrected chi connectivity index (χ0v) is 18.9. The van der Waals surface area contributed by atoms with Gasteiger partial charge in [-0.3, -0.25) is 9.48 Å². The summed E-state index contributed by atoms with van der Waals surface area (Å²) in [6, 6.07) is 0.283. The summed E-state index contributed by atoms with van der Waals surface area (Å²) in [6.07, 6.45) is 7.17. The van der Waals surface area contributed by atoms with E-state index in [4.69, 9.17) is 0 Å². The molecule has 0 N–H and O–H groups in total. The van der Waals surface area contributed by atoms with Gasteiger partial charge in [0.1, 0.15) is 11.4 Å². The molecule has 7 nitrogen and oxygen atoms in total. The van der Waals surface area contributed by atoms with Gasteiger partial charge in [-0.25, -0.2) is 8.42 Å². The summed E-state index contributed by atoms with van der Waals surface area (Å²) in [6.45, 7) is 8.46. The predicted molar refractivity (Wildman–Crippen MR) is 111 cm³/mol. The third-order valence-corrected chi connectivity index (χ3v) is 7.81. The second-order valence-electron chi connectivity index (χ2n) is 7.86. The molecule has 2 rings (SSSR count). The third-order valence-electron chi connectivity index (χ3n) is 5.66. The Morgan fingerprint density at radius 1 is 1.11 bits per heavy atom. The van der Waals surface area contributed by atoms with Crippen molar-refractivity contribution < 1.29 is 13.2 Å².